The highest BCUT2D eigenvalue weighted by molar-refractivity contribution is 6.04. The van der Waals surface area contributed by atoms with Crippen molar-refractivity contribution in [3.05, 3.63) is 53.5 Å². The first-order valence-electron chi connectivity index (χ1n) is 10.6. The molecule has 1 fully saturated rings. The van der Waals surface area contributed by atoms with Crippen molar-refractivity contribution in [2.24, 2.45) is 0 Å². The van der Waals surface area contributed by atoms with Gasteiger partial charge in [0.05, 0.1) is 18.4 Å². The average Bonchev–Trinajstić information content (AvgIpc) is 3.49. The predicted molar refractivity (Wildman–Crippen MR) is 115 cm³/mol. The normalized spacial score (nSPS) is 18.5. The number of aromatic amines is 1. The van der Waals surface area contributed by atoms with E-state index in [1.807, 2.05) is 6.07 Å². The van der Waals surface area contributed by atoms with Gasteiger partial charge in [-0.3, -0.25) is 10.1 Å². The molecular weight excluding hydrogens is 380 g/mol. The molecule has 0 bridgehead atoms. The second-order valence-electron chi connectivity index (χ2n) is 8.05. The molecule has 4 heterocycles. The summed E-state index contributed by atoms with van der Waals surface area (Å²) in [6.07, 6.45) is 6.10. The number of aromatic nitrogens is 3. The van der Waals surface area contributed by atoms with Crippen LogP contribution in [0.1, 0.15) is 47.9 Å². The van der Waals surface area contributed by atoms with E-state index in [9.17, 15) is 4.79 Å². The Balaban J connectivity index is 1.29. The van der Waals surface area contributed by atoms with Gasteiger partial charge in [0, 0.05) is 24.8 Å². The van der Waals surface area contributed by atoms with Gasteiger partial charge in [-0.05, 0) is 50.3 Å². The van der Waals surface area contributed by atoms with Crippen molar-refractivity contribution >= 4 is 23.5 Å². The standard InChI is InChI=1S/C22H26N6O2/c1-15-13-16-7-3-4-8-18(16)28(15)14-19-17(9-12-30-19)20(29)23-21-24-22(26-25-21)27-10-5-2-6-11-27/h3-4,7-9,12,15H,2,5-6,10-11,13-14H2,1H3,(H2,23,24,25,26,29). The Bertz CT molecular complexity index is 1040. The largest absolute Gasteiger partial charge is 0.467 e. The Morgan fingerprint density at radius 1 is 1.23 bits per heavy atom. The number of piperidine rings is 1. The van der Waals surface area contributed by atoms with Crippen molar-refractivity contribution in [1.82, 2.24) is 15.2 Å². The molecule has 0 saturated carbocycles. The lowest BCUT2D eigenvalue weighted by Gasteiger charge is -2.24. The summed E-state index contributed by atoms with van der Waals surface area (Å²) >= 11 is 0. The number of hydrogen-bond acceptors (Lipinski definition) is 6. The van der Waals surface area contributed by atoms with Crippen LogP contribution < -0.4 is 15.1 Å². The first-order chi connectivity index (χ1) is 14.7. The number of furan rings is 1. The Hall–Kier alpha value is -3.29. The summed E-state index contributed by atoms with van der Waals surface area (Å²) in [6, 6.07) is 10.5. The summed E-state index contributed by atoms with van der Waals surface area (Å²) in [5, 5.41) is 9.92. The molecule has 1 unspecified atom stereocenters. The number of benzene rings is 1. The number of fused-ring (bicyclic) bond motifs is 1. The Morgan fingerprint density at radius 3 is 2.93 bits per heavy atom. The third-order valence-electron chi connectivity index (χ3n) is 6.00. The molecule has 2 aliphatic heterocycles. The molecule has 2 N–H and O–H groups in total. The lowest BCUT2D eigenvalue weighted by molar-refractivity contribution is 0.102. The lowest BCUT2D eigenvalue weighted by Crippen LogP contribution is -2.30. The van der Waals surface area contributed by atoms with Gasteiger partial charge in [0.1, 0.15) is 5.76 Å². The molecule has 5 rings (SSSR count). The zero-order chi connectivity index (χ0) is 20.5. The molecule has 2 aliphatic rings. The van der Waals surface area contributed by atoms with E-state index in [1.165, 1.54) is 17.7 Å². The maximum Gasteiger partial charge on any atom is 0.261 e. The Labute approximate surface area is 175 Å². The number of anilines is 3. The number of rotatable bonds is 5. The van der Waals surface area contributed by atoms with Crippen LogP contribution in [0.2, 0.25) is 0 Å². The van der Waals surface area contributed by atoms with E-state index in [1.54, 1.807) is 12.3 Å². The van der Waals surface area contributed by atoms with Crippen LogP contribution >= 0.6 is 0 Å². The average molecular weight is 406 g/mol. The highest BCUT2D eigenvalue weighted by Crippen LogP contribution is 2.33. The topological polar surface area (TPSA) is 90.3 Å². The highest BCUT2D eigenvalue weighted by atomic mass is 16.3. The van der Waals surface area contributed by atoms with E-state index >= 15 is 0 Å². The number of carbonyl (C=O) groups is 1. The molecule has 1 aromatic carbocycles. The SMILES string of the molecule is CC1Cc2ccccc2N1Cc1occc1C(=O)Nc1nc(N2CCCCC2)n[nH]1. The number of hydrogen-bond donors (Lipinski definition) is 2. The van der Waals surface area contributed by atoms with Gasteiger partial charge >= 0.3 is 0 Å². The van der Waals surface area contributed by atoms with E-state index in [0.29, 0.717) is 35.8 Å². The van der Waals surface area contributed by atoms with E-state index < -0.39 is 0 Å². The lowest BCUT2D eigenvalue weighted by atomic mass is 10.1. The van der Waals surface area contributed by atoms with Gasteiger partial charge in [-0.25, -0.2) is 5.10 Å². The zero-order valence-corrected chi connectivity index (χ0v) is 17.1. The van der Waals surface area contributed by atoms with Gasteiger partial charge in [-0.1, -0.05) is 18.2 Å². The molecule has 0 spiro atoms. The molecular formula is C22H26N6O2. The second-order valence-corrected chi connectivity index (χ2v) is 8.05. The first-order valence-corrected chi connectivity index (χ1v) is 10.6. The Morgan fingerprint density at radius 2 is 2.07 bits per heavy atom. The molecule has 2 aromatic heterocycles. The quantitative estimate of drug-likeness (QED) is 0.673. The summed E-state index contributed by atoms with van der Waals surface area (Å²) in [5.41, 5.74) is 3.05. The molecule has 3 aromatic rings. The third-order valence-corrected chi connectivity index (χ3v) is 6.00. The maximum absolute atomic E-state index is 12.9. The van der Waals surface area contributed by atoms with Gasteiger partial charge in [-0.15, -0.1) is 5.10 Å². The maximum atomic E-state index is 12.9. The van der Waals surface area contributed by atoms with Crippen LogP contribution in [0, 0.1) is 0 Å². The summed E-state index contributed by atoms with van der Waals surface area (Å²) in [4.78, 5) is 21.8. The van der Waals surface area contributed by atoms with Gasteiger partial charge in [0.2, 0.25) is 11.9 Å². The first kappa shape index (κ1) is 18.7. The molecule has 1 amide bonds. The van der Waals surface area contributed by atoms with Crippen molar-refractivity contribution < 1.29 is 9.21 Å². The fraction of sp³-hybridized carbons (Fsp3) is 0.409. The summed E-state index contributed by atoms with van der Waals surface area (Å²) in [7, 11) is 0. The van der Waals surface area contributed by atoms with Crippen LogP contribution in [0.3, 0.4) is 0 Å². The van der Waals surface area contributed by atoms with E-state index in [4.69, 9.17) is 4.42 Å². The number of para-hydroxylation sites is 1. The van der Waals surface area contributed by atoms with Gasteiger partial charge in [-0.2, -0.15) is 4.98 Å². The van der Waals surface area contributed by atoms with Crippen molar-refractivity contribution in [2.75, 3.05) is 28.2 Å². The monoisotopic (exact) mass is 406 g/mol. The molecule has 156 valence electrons. The minimum absolute atomic E-state index is 0.250. The number of nitrogens with zero attached hydrogens (tertiary/aromatic N) is 4. The van der Waals surface area contributed by atoms with E-state index in [2.05, 4.69) is 55.4 Å². The van der Waals surface area contributed by atoms with Crippen molar-refractivity contribution in [2.45, 2.75) is 45.2 Å². The minimum atomic E-state index is -0.250. The van der Waals surface area contributed by atoms with Crippen LogP contribution in [0.5, 0.6) is 0 Å². The Kier molecular flexibility index (Phi) is 4.90. The number of H-pyrrole nitrogens is 1. The van der Waals surface area contributed by atoms with Crippen molar-refractivity contribution in [3.63, 3.8) is 0 Å². The number of amides is 1. The summed E-state index contributed by atoms with van der Waals surface area (Å²) in [5.74, 6) is 1.39. The van der Waals surface area contributed by atoms with Crippen molar-refractivity contribution in [3.8, 4) is 0 Å². The molecule has 1 saturated heterocycles. The zero-order valence-electron chi connectivity index (χ0n) is 17.1. The van der Waals surface area contributed by atoms with Crippen LogP contribution in [-0.4, -0.2) is 40.2 Å². The third kappa shape index (κ3) is 3.53. The minimum Gasteiger partial charge on any atom is -0.467 e. The van der Waals surface area contributed by atoms with Crippen molar-refractivity contribution in [1.29, 1.82) is 0 Å². The van der Waals surface area contributed by atoms with Gasteiger partial charge in [0.25, 0.3) is 5.91 Å². The van der Waals surface area contributed by atoms with Gasteiger partial charge in [0.15, 0.2) is 0 Å². The smallest absolute Gasteiger partial charge is 0.261 e. The predicted octanol–water partition coefficient (Wildman–Crippen LogP) is 3.59. The molecule has 30 heavy (non-hydrogen) atoms. The van der Waals surface area contributed by atoms with E-state index in [-0.39, 0.29) is 5.91 Å². The molecule has 8 heteroatoms. The molecule has 1 atom stereocenters. The highest BCUT2D eigenvalue weighted by Gasteiger charge is 2.28. The van der Waals surface area contributed by atoms with Crippen LogP contribution in [0.15, 0.2) is 41.0 Å². The molecule has 0 aliphatic carbocycles. The number of nitrogens with one attached hydrogen (secondary N) is 2. The molecule has 0 radical (unpaired) electrons. The summed E-state index contributed by atoms with van der Waals surface area (Å²) in [6.45, 7) is 4.64. The fourth-order valence-electron chi connectivity index (χ4n) is 4.41. The summed E-state index contributed by atoms with van der Waals surface area (Å²) < 4.78 is 5.69. The number of carbonyl (C=O) groups excluding carboxylic acids is 1. The van der Waals surface area contributed by atoms with E-state index in [0.717, 1.165) is 32.4 Å². The van der Waals surface area contributed by atoms with Crippen LogP contribution in [0.25, 0.3) is 0 Å². The molecule has 8 nitrogen and oxygen atoms in total. The van der Waals surface area contributed by atoms with Crippen LogP contribution in [0.4, 0.5) is 17.6 Å². The fourth-order valence-corrected chi connectivity index (χ4v) is 4.41. The van der Waals surface area contributed by atoms with Gasteiger partial charge < -0.3 is 14.2 Å². The second kappa shape index (κ2) is 7.85. The van der Waals surface area contributed by atoms with Crippen LogP contribution in [-0.2, 0) is 13.0 Å².